The molecule has 0 amide bonds. The molecule has 1 aliphatic heterocycles. The summed E-state index contributed by atoms with van der Waals surface area (Å²) < 4.78 is 0. The molecule has 4 rings (SSSR count). The van der Waals surface area contributed by atoms with E-state index in [4.69, 9.17) is 16.7 Å². The molecule has 2 heterocycles. The second kappa shape index (κ2) is 7.93. The highest BCUT2D eigenvalue weighted by Crippen LogP contribution is 2.40. The van der Waals surface area contributed by atoms with Crippen molar-refractivity contribution in [3.63, 3.8) is 0 Å². The van der Waals surface area contributed by atoms with Crippen molar-refractivity contribution in [2.24, 2.45) is 4.99 Å². The Morgan fingerprint density at radius 3 is 2.35 bits per heavy atom. The maximum atomic E-state index is 9.43. The summed E-state index contributed by atoms with van der Waals surface area (Å²) in [5.41, 5.74) is 15.9. The number of aliphatic imine (C=N–C) groups is 1. The molecular formula is C22H19N9. The molecule has 1 atom stereocenters. The fourth-order valence-electron chi connectivity index (χ4n) is 3.50. The predicted molar refractivity (Wildman–Crippen MR) is 120 cm³/mol. The van der Waals surface area contributed by atoms with Crippen molar-refractivity contribution in [1.82, 2.24) is 10.3 Å². The first kappa shape index (κ1) is 19.6. The minimum atomic E-state index is -0.566. The van der Waals surface area contributed by atoms with Crippen LogP contribution in [0.3, 0.4) is 0 Å². The van der Waals surface area contributed by atoms with Crippen LogP contribution in [0.25, 0.3) is 0 Å². The Hall–Kier alpha value is -4.76. The van der Waals surface area contributed by atoms with E-state index >= 15 is 0 Å². The number of nitrogen functional groups attached to an aromatic ring is 2. The predicted octanol–water partition coefficient (Wildman–Crippen LogP) is 2.83. The summed E-state index contributed by atoms with van der Waals surface area (Å²) in [5, 5.41) is 23.9. The van der Waals surface area contributed by atoms with E-state index in [1.807, 2.05) is 73.9 Å². The summed E-state index contributed by atoms with van der Waals surface area (Å²) in [6.45, 7) is 0. The van der Waals surface area contributed by atoms with Crippen LogP contribution in [-0.2, 0) is 0 Å². The Bertz CT molecular complexity index is 1240. The summed E-state index contributed by atoms with van der Waals surface area (Å²) in [6.07, 6.45) is 1.84. The van der Waals surface area contributed by atoms with Gasteiger partial charge in [-0.3, -0.25) is 5.32 Å². The average molecular weight is 409 g/mol. The molecule has 3 aromatic rings. The van der Waals surface area contributed by atoms with Gasteiger partial charge in [0.25, 0.3) is 0 Å². The van der Waals surface area contributed by atoms with Crippen LogP contribution in [-0.4, -0.2) is 18.0 Å². The number of anilines is 5. The van der Waals surface area contributed by atoms with E-state index in [9.17, 15) is 5.26 Å². The third-order valence-electron chi connectivity index (χ3n) is 5.10. The number of nitrogens with zero attached hydrogens (tertiary/aromatic N) is 5. The number of hydrogen-bond acceptors (Lipinski definition) is 9. The van der Waals surface area contributed by atoms with Gasteiger partial charge in [-0.05, 0) is 29.8 Å². The summed E-state index contributed by atoms with van der Waals surface area (Å²) in [6, 6.07) is 19.3. The second-order valence-electron chi connectivity index (χ2n) is 6.89. The first-order valence-electron chi connectivity index (χ1n) is 9.41. The molecule has 0 fully saturated rings. The van der Waals surface area contributed by atoms with Gasteiger partial charge in [0, 0.05) is 24.0 Å². The van der Waals surface area contributed by atoms with Crippen molar-refractivity contribution in [3.05, 3.63) is 71.3 Å². The van der Waals surface area contributed by atoms with E-state index in [1.165, 1.54) is 0 Å². The number of nitriles is 2. The molecule has 9 nitrogen and oxygen atoms in total. The maximum absolute atomic E-state index is 9.43. The normalized spacial score (nSPS) is 14.3. The van der Waals surface area contributed by atoms with Crippen LogP contribution in [0, 0.1) is 22.8 Å². The summed E-state index contributed by atoms with van der Waals surface area (Å²) in [7, 11) is 1.99. The zero-order valence-electron chi connectivity index (χ0n) is 16.7. The number of aromatic nitrogens is 1. The van der Waals surface area contributed by atoms with Gasteiger partial charge >= 0.3 is 0 Å². The van der Waals surface area contributed by atoms with E-state index in [0.29, 0.717) is 11.4 Å². The summed E-state index contributed by atoms with van der Waals surface area (Å²) in [5.74, 6) is 0.599. The number of pyridine rings is 1. The van der Waals surface area contributed by atoms with Crippen molar-refractivity contribution in [2.75, 3.05) is 28.7 Å². The van der Waals surface area contributed by atoms with E-state index in [2.05, 4.69) is 25.5 Å². The van der Waals surface area contributed by atoms with E-state index < -0.39 is 6.04 Å². The van der Waals surface area contributed by atoms with E-state index in [0.717, 1.165) is 16.9 Å². The lowest BCUT2D eigenvalue weighted by molar-refractivity contribution is 0.846. The average Bonchev–Trinajstić information content (AvgIpc) is 2.79. The zero-order chi connectivity index (χ0) is 22.0. The van der Waals surface area contributed by atoms with Crippen LogP contribution in [0.2, 0.25) is 0 Å². The highest BCUT2D eigenvalue weighted by molar-refractivity contribution is 5.98. The minimum Gasteiger partial charge on any atom is -0.397 e. The molecule has 0 radical (unpaired) electrons. The van der Waals surface area contributed by atoms with Crippen LogP contribution in [0.1, 0.15) is 22.7 Å². The number of guanidine groups is 1. The van der Waals surface area contributed by atoms with Gasteiger partial charge in [-0.1, -0.05) is 30.3 Å². The van der Waals surface area contributed by atoms with Crippen molar-refractivity contribution >= 4 is 34.7 Å². The topological polar surface area (TPSA) is 152 Å². The Labute approximate surface area is 179 Å². The van der Waals surface area contributed by atoms with Gasteiger partial charge in [-0.2, -0.15) is 10.5 Å². The van der Waals surface area contributed by atoms with Crippen LogP contribution in [0.5, 0.6) is 0 Å². The molecule has 31 heavy (non-hydrogen) atoms. The second-order valence-corrected chi connectivity index (χ2v) is 6.89. The molecule has 152 valence electrons. The first-order valence-corrected chi connectivity index (χ1v) is 9.41. The summed E-state index contributed by atoms with van der Waals surface area (Å²) >= 11 is 0. The van der Waals surface area contributed by atoms with Gasteiger partial charge in [0.1, 0.15) is 29.3 Å². The molecule has 1 aliphatic rings. The molecular weight excluding hydrogens is 390 g/mol. The smallest absolute Gasteiger partial charge is 0.211 e. The van der Waals surface area contributed by atoms with Gasteiger partial charge in [0.15, 0.2) is 6.19 Å². The SMILES string of the molecule is CN(c1ccccc1)c1ccc(C2N=C(NC#N)Nc3nc(N)c(C#N)c(N)c32)cc1. The number of nitrogens with two attached hydrogens (primary N) is 2. The number of hydrogen-bond donors (Lipinski definition) is 4. The lowest BCUT2D eigenvalue weighted by Crippen LogP contribution is -2.32. The molecule has 9 heteroatoms. The van der Waals surface area contributed by atoms with Crippen LogP contribution in [0.4, 0.5) is 28.7 Å². The van der Waals surface area contributed by atoms with Crippen molar-refractivity contribution in [1.29, 1.82) is 10.5 Å². The molecule has 0 saturated heterocycles. The molecule has 0 saturated carbocycles. The number of nitrogens with one attached hydrogen (secondary N) is 2. The number of benzene rings is 2. The van der Waals surface area contributed by atoms with Gasteiger partial charge < -0.3 is 21.7 Å². The Balaban J connectivity index is 1.77. The molecule has 0 aliphatic carbocycles. The quantitative estimate of drug-likeness (QED) is 0.380. The van der Waals surface area contributed by atoms with E-state index in [1.54, 1.807) is 0 Å². The Morgan fingerprint density at radius 2 is 1.71 bits per heavy atom. The lowest BCUT2D eigenvalue weighted by Gasteiger charge is -2.26. The number of para-hydroxylation sites is 1. The largest absolute Gasteiger partial charge is 0.397 e. The monoisotopic (exact) mass is 409 g/mol. The standard InChI is InChI=1S/C22H19N9/c1-31(14-5-3-2-4-6-14)15-9-7-13(8-10-15)19-17-18(25)16(11-23)20(26)29-21(17)30-22(28-19)27-12-24/h2-10,19H,1H3,(H6,25,26,27,28,29,30). The highest BCUT2D eigenvalue weighted by atomic mass is 15.2. The summed E-state index contributed by atoms with van der Waals surface area (Å²) in [4.78, 5) is 10.9. The van der Waals surface area contributed by atoms with Crippen molar-refractivity contribution in [2.45, 2.75) is 6.04 Å². The molecule has 6 N–H and O–H groups in total. The zero-order valence-corrected chi connectivity index (χ0v) is 16.7. The van der Waals surface area contributed by atoms with Gasteiger partial charge in [-0.15, -0.1) is 0 Å². The molecule has 1 aromatic heterocycles. The Kier molecular flexibility index (Phi) is 5.00. The third kappa shape index (κ3) is 3.52. The number of rotatable bonds is 3. The van der Waals surface area contributed by atoms with Crippen LogP contribution >= 0.6 is 0 Å². The first-order chi connectivity index (χ1) is 15.0. The Morgan fingerprint density at radius 1 is 1.03 bits per heavy atom. The number of fused-ring (bicyclic) bond motifs is 1. The van der Waals surface area contributed by atoms with E-state index in [-0.39, 0.29) is 23.0 Å². The molecule has 2 aromatic carbocycles. The highest BCUT2D eigenvalue weighted by Gasteiger charge is 2.29. The third-order valence-corrected chi connectivity index (χ3v) is 5.10. The maximum Gasteiger partial charge on any atom is 0.211 e. The minimum absolute atomic E-state index is 0.0167. The van der Waals surface area contributed by atoms with Gasteiger partial charge in [0.2, 0.25) is 5.96 Å². The van der Waals surface area contributed by atoms with Crippen molar-refractivity contribution in [3.8, 4) is 12.3 Å². The van der Waals surface area contributed by atoms with Gasteiger partial charge in [-0.25, -0.2) is 9.98 Å². The van der Waals surface area contributed by atoms with Crippen molar-refractivity contribution < 1.29 is 0 Å². The lowest BCUT2D eigenvalue weighted by atomic mass is 9.95. The van der Waals surface area contributed by atoms with Gasteiger partial charge in [0.05, 0.1) is 5.69 Å². The van der Waals surface area contributed by atoms with Crippen LogP contribution in [0.15, 0.2) is 59.6 Å². The fraction of sp³-hybridized carbons (Fsp3) is 0.0909. The molecule has 0 bridgehead atoms. The van der Waals surface area contributed by atoms with Crippen LogP contribution < -0.4 is 27.0 Å². The molecule has 1 unspecified atom stereocenters. The fourth-order valence-corrected chi connectivity index (χ4v) is 3.50. The molecule has 0 spiro atoms.